The molecule has 0 unspecified atom stereocenters. The highest BCUT2D eigenvalue weighted by atomic mass is 35.5. The molecule has 4 amide bonds. The topological polar surface area (TPSA) is 122 Å². The summed E-state index contributed by atoms with van der Waals surface area (Å²) in [5, 5.41) is -0.758. The molecule has 4 rings (SSSR count). The van der Waals surface area contributed by atoms with Crippen LogP contribution in [0.1, 0.15) is 33.6 Å². The standard InChI is InChI=1S/C24H21Cl2N3O6/c25-18-10-16-17(11-19(18)26)23(33)29(22(16)32)15-8-6-14(7-9-15)24(34)35-12-20(30)27-28-21(31)13-4-2-1-3-5-13/h1-9,16-19H,10-12H2,(H,27,30)(H,28,31)/t16-,17-,18-,19+/m1/s1. The summed E-state index contributed by atoms with van der Waals surface area (Å²) in [5.74, 6) is -3.72. The summed E-state index contributed by atoms with van der Waals surface area (Å²) in [7, 11) is 0. The van der Waals surface area contributed by atoms with E-state index in [9.17, 15) is 24.0 Å². The lowest BCUT2D eigenvalue weighted by atomic mass is 9.80. The molecule has 35 heavy (non-hydrogen) atoms. The van der Waals surface area contributed by atoms with Gasteiger partial charge in [0.15, 0.2) is 6.61 Å². The van der Waals surface area contributed by atoms with Crippen LogP contribution >= 0.6 is 23.2 Å². The summed E-state index contributed by atoms with van der Waals surface area (Å²) in [6.07, 6.45) is 0.666. The summed E-state index contributed by atoms with van der Waals surface area (Å²) < 4.78 is 4.96. The van der Waals surface area contributed by atoms with Gasteiger partial charge in [-0.2, -0.15) is 0 Å². The third kappa shape index (κ3) is 5.31. The van der Waals surface area contributed by atoms with E-state index in [0.717, 1.165) is 4.90 Å². The number of carbonyl (C=O) groups excluding carboxylic acids is 5. The summed E-state index contributed by atoms with van der Waals surface area (Å²) >= 11 is 12.4. The Hall–Kier alpha value is -3.43. The minimum Gasteiger partial charge on any atom is -0.452 e. The Kier molecular flexibility index (Phi) is 7.37. The van der Waals surface area contributed by atoms with E-state index in [0.29, 0.717) is 24.1 Å². The van der Waals surface area contributed by atoms with Crippen molar-refractivity contribution in [1.29, 1.82) is 0 Å². The minimum absolute atomic E-state index is 0.119. The fourth-order valence-electron chi connectivity index (χ4n) is 4.13. The zero-order chi connectivity index (χ0) is 25.1. The first-order valence-corrected chi connectivity index (χ1v) is 11.7. The highest BCUT2D eigenvalue weighted by molar-refractivity contribution is 6.31. The summed E-state index contributed by atoms with van der Waals surface area (Å²) in [5.41, 5.74) is 5.17. The van der Waals surface area contributed by atoms with Gasteiger partial charge < -0.3 is 4.74 Å². The van der Waals surface area contributed by atoms with E-state index >= 15 is 0 Å². The van der Waals surface area contributed by atoms with Crippen LogP contribution in [0.25, 0.3) is 0 Å². The highest BCUT2D eigenvalue weighted by Gasteiger charge is 2.52. The minimum atomic E-state index is -0.788. The van der Waals surface area contributed by atoms with Crippen molar-refractivity contribution >= 4 is 58.5 Å². The Balaban J connectivity index is 1.30. The van der Waals surface area contributed by atoms with Crippen LogP contribution in [0.4, 0.5) is 5.69 Å². The molecule has 0 bridgehead atoms. The van der Waals surface area contributed by atoms with E-state index in [1.807, 2.05) is 0 Å². The number of nitrogens with zero attached hydrogens (tertiary/aromatic N) is 1. The first-order chi connectivity index (χ1) is 16.8. The van der Waals surface area contributed by atoms with E-state index in [-0.39, 0.29) is 28.1 Å². The zero-order valence-corrected chi connectivity index (χ0v) is 19.8. The van der Waals surface area contributed by atoms with E-state index in [1.165, 1.54) is 24.3 Å². The summed E-state index contributed by atoms with van der Waals surface area (Å²) in [4.78, 5) is 62.8. The Morgan fingerprint density at radius 1 is 0.829 bits per heavy atom. The van der Waals surface area contributed by atoms with Crippen LogP contribution in [0.5, 0.6) is 0 Å². The summed E-state index contributed by atoms with van der Waals surface area (Å²) in [6, 6.07) is 14.0. The van der Waals surface area contributed by atoms with Crippen molar-refractivity contribution in [3.8, 4) is 0 Å². The normalized spacial score (nSPS) is 23.4. The van der Waals surface area contributed by atoms with Crippen LogP contribution in [0.2, 0.25) is 0 Å². The first-order valence-electron chi connectivity index (χ1n) is 10.8. The Morgan fingerprint density at radius 2 is 1.40 bits per heavy atom. The molecule has 2 aliphatic rings. The van der Waals surface area contributed by atoms with E-state index in [1.54, 1.807) is 30.3 Å². The van der Waals surface area contributed by atoms with Crippen LogP contribution in [0, 0.1) is 11.8 Å². The molecule has 11 heteroatoms. The number of hydrogen-bond acceptors (Lipinski definition) is 6. The summed E-state index contributed by atoms with van der Waals surface area (Å²) in [6.45, 7) is -0.624. The van der Waals surface area contributed by atoms with Crippen molar-refractivity contribution < 1.29 is 28.7 Å². The van der Waals surface area contributed by atoms with Gasteiger partial charge in [-0.25, -0.2) is 4.79 Å². The van der Waals surface area contributed by atoms with Gasteiger partial charge in [-0.15, -0.1) is 23.2 Å². The number of carbonyl (C=O) groups is 5. The van der Waals surface area contributed by atoms with E-state index in [2.05, 4.69) is 10.9 Å². The van der Waals surface area contributed by atoms with Crippen molar-refractivity contribution in [3.63, 3.8) is 0 Å². The van der Waals surface area contributed by atoms with Crippen molar-refractivity contribution in [2.24, 2.45) is 11.8 Å². The number of hydrogen-bond donors (Lipinski definition) is 2. The smallest absolute Gasteiger partial charge is 0.338 e. The molecule has 4 atom stereocenters. The zero-order valence-electron chi connectivity index (χ0n) is 18.3. The number of nitrogens with one attached hydrogen (secondary N) is 2. The third-order valence-electron chi connectivity index (χ3n) is 5.96. The molecule has 1 aliphatic carbocycles. The average Bonchev–Trinajstić information content (AvgIpc) is 3.10. The lowest BCUT2D eigenvalue weighted by Gasteiger charge is -2.28. The number of rotatable bonds is 5. The van der Waals surface area contributed by atoms with Crippen molar-refractivity contribution in [3.05, 3.63) is 65.7 Å². The second-order valence-electron chi connectivity index (χ2n) is 8.22. The van der Waals surface area contributed by atoms with Gasteiger partial charge in [0.1, 0.15) is 0 Å². The van der Waals surface area contributed by atoms with Crippen molar-refractivity contribution in [2.45, 2.75) is 23.6 Å². The molecule has 9 nitrogen and oxygen atoms in total. The van der Waals surface area contributed by atoms with Crippen LogP contribution in [-0.4, -0.2) is 47.0 Å². The number of anilines is 1. The van der Waals surface area contributed by atoms with Gasteiger partial charge in [0.05, 0.1) is 33.8 Å². The van der Waals surface area contributed by atoms with Gasteiger partial charge >= 0.3 is 5.97 Å². The Morgan fingerprint density at radius 3 is 1.97 bits per heavy atom. The first kappa shape index (κ1) is 24.7. The second-order valence-corrected chi connectivity index (χ2v) is 9.34. The molecule has 0 radical (unpaired) electrons. The van der Waals surface area contributed by atoms with Crippen LogP contribution < -0.4 is 15.8 Å². The van der Waals surface area contributed by atoms with Gasteiger partial charge in [0.25, 0.3) is 11.8 Å². The van der Waals surface area contributed by atoms with E-state index in [4.69, 9.17) is 27.9 Å². The fourth-order valence-corrected chi connectivity index (χ4v) is 4.72. The van der Waals surface area contributed by atoms with Gasteiger partial charge in [-0.1, -0.05) is 18.2 Å². The molecule has 1 aliphatic heterocycles. The molecule has 1 heterocycles. The number of esters is 1. The number of alkyl halides is 2. The second kappa shape index (κ2) is 10.5. The lowest BCUT2D eigenvalue weighted by Crippen LogP contribution is -2.43. The maximum atomic E-state index is 12.8. The monoisotopic (exact) mass is 517 g/mol. The molecule has 2 aromatic rings. The van der Waals surface area contributed by atoms with Crippen molar-refractivity contribution in [1.82, 2.24) is 10.9 Å². The van der Waals surface area contributed by atoms with E-state index < -0.39 is 36.2 Å². The number of halogens is 2. The molecule has 2 aromatic carbocycles. The molecule has 0 aromatic heterocycles. The van der Waals surface area contributed by atoms with Crippen LogP contribution in [-0.2, 0) is 19.1 Å². The largest absolute Gasteiger partial charge is 0.452 e. The lowest BCUT2D eigenvalue weighted by molar-refractivity contribution is -0.125. The maximum Gasteiger partial charge on any atom is 0.338 e. The van der Waals surface area contributed by atoms with Gasteiger partial charge in [0, 0.05) is 5.56 Å². The van der Waals surface area contributed by atoms with Gasteiger partial charge in [0.2, 0.25) is 11.8 Å². The Bertz CT molecular complexity index is 1130. The van der Waals surface area contributed by atoms with Crippen LogP contribution in [0.15, 0.2) is 54.6 Å². The molecular weight excluding hydrogens is 497 g/mol. The number of imide groups is 1. The molecule has 2 N–H and O–H groups in total. The number of ether oxygens (including phenoxy) is 1. The molecule has 1 saturated heterocycles. The maximum absolute atomic E-state index is 12.8. The SMILES string of the molecule is O=C(COC(=O)c1ccc(N2C(=O)[C@@H]3C[C@@H](Cl)[C@@H](Cl)C[C@H]3C2=O)cc1)NNC(=O)c1ccccc1. The quantitative estimate of drug-likeness (QED) is 0.272. The number of fused-ring (bicyclic) bond motifs is 1. The van der Waals surface area contributed by atoms with Crippen LogP contribution in [0.3, 0.4) is 0 Å². The predicted octanol–water partition coefficient (Wildman–Crippen LogP) is 2.42. The highest BCUT2D eigenvalue weighted by Crippen LogP contribution is 2.43. The fraction of sp³-hybridized carbons (Fsp3) is 0.292. The number of hydrazine groups is 1. The molecule has 0 spiro atoms. The Labute approximate surface area is 210 Å². The average molecular weight is 518 g/mol. The van der Waals surface area contributed by atoms with Gasteiger partial charge in [-0.05, 0) is 49.2 Å². The third-order valence-corrected chi connectivity index (χ3v) is 7.05. The van der Waals surface area contributed by atoms with Crippen molar-refractivity contribution in [2.75, 3.05) is 11.5 Å². The van der Waals surface area contributed by atoms with Gasteiger partial charge in [-0.3, -0.25) is 34.9 Å². The molecular formula is C24H21Cl2N3O6. The molecule has 182 valence electrons. The molecule has 1 saturated carbocycles. The molecule has 2 fully saturated rings. The number of benzene rings is 2. The number of amides is 4. The predicted molar refractivity (Wildman–Crippen MR) is 127 cm³/mol.